The van der Waals surface area contributed by atoms with Crippen molar-refractivity contribution in [1.82, 2.24) is 9.97 Å². The summed E-state index contributed by atoms with van der Waals surface area (Å²) >= 11 is 5.62. The number of ether oxygens (including phenoxy) is 1. The molecule has 0 spiro atoms. The first-order chi connectivity index (χ1) is 8.90. The van der Waals surface area contributed by atoms with Gasteiger partial charge >= 0.3 is 6.18 Å². The second kappa shape index (κ2) is 5.05. The highest BCUT2D eigenvalue weighted by Crippen LogP contribution is 2.33. The number of rotatable bonds is 2. The van der Waals surface area contributed by atoms with Gasteiger partial charge in [-0.25, -0.2) is 4.98 Å². The van der Waals surface area contributed by atoms with Crippen LogP contribution in [0.25, 0.3) is 11.3 Å². The summed E-state index contributed by atoms with van der Waals surface area (Å²) in [5.74, 6) is 0.424. The van der Waals surface area contributed by atoms with Gasteiger partial charge in [0.2, 0.25) is 0 Å². The third-order valence-corrected chi connectivity index (χ3v) is 2.56. The second-order valence-corrected chi connectivity index (χ2v) is 4.06. The molecule has 0 radical (unpaired) electrons. The van der Waals surface area contributed by atoms with E-state index in [0.29, 0.717) is 11.3 Å². The van der Waals surface area contributed by atoms with Gasteiger partial charge in [-0.1, -0.05) is 11.6 Å². The van der Waals surface area contributed by atoms with Crippen molar-refractivity contribution >= 4 is 11.6 Å². The van der Waals surface area contributed by atoms with Crippen molar-refractivity contribution in [3.63, 3.8) is 0 Å². The summed E-state index contributed by atoms with van der Waals surface area (Å²) < 4.78 is 43.0. The molecule has 2 rings (SSSR count). The molecule has 0 amide bonds. The molecule has 2 aromatic heterocycles. The van der Waals surface area contributed by atoms with Crippen molar-refractivity contribution in [2.75, 3.05) is 7.11 Å². The van der Waals surface area contributed by atoms with E-state index in [2.05, 4.69) is 9.97 Å². The molecule has 0 aromatic carbocycles. The van der Waals surface area contributed by atoms with E-state index in [4.69, 9.17) is 16.3 Å². The van der Waals surface area contributed by atoms with E-state index in [9.17, 15) is 13.2 Å². The molecule has 0 unspecified atom stereocenters. The van der Waals surface area contributed by atoms with E-state index in [1.54, 1.807) is 0 Å². The number of halogens is 4. The highest BCUT2D eigenvalue weighted by atomic mass is 35.5. The molecule has 100 valence electrons. The Hall–Kier alpha value is -1.82. The number of aromatic nitrogens is 2. The Labute approximate surface area is 112 Å². The normalized spacial score (nSPS) is 11.4. The average Bonchev–Trinajstić information content (AvgIpc) is 2.37. The van der Waals surface area contributed by atoms with Crippen LogP contribution in [0, 0.1) is 0 Å². The predicted octanol–water partition coefficient (Wildman–Crippen LogP) is 3.82. The van der Waals surface area contributed by atoms with Gasteiger partial charge in [-0.2, -0.15) is 13.2 Å². The Kier molecular flexibility index (Phi) is 3.61. The molecule has 19 heavy (non-hydrogen) atoms. The van der Waals surface area contributed by atoms with Crippen molar-refractivity contribution in [2.45, 2.75) is 6.18 Å². The number of hydrogen-bond donors (Lipinski definition) is 0. The topological polar surface area (TPSA) is 35.0 Å². The average molecular weight is 289 g/mol. The van der Waals surface area contributed by atoms with Crippen LogP contribution in [0.4, 0.5) is 13.2 Å². The summed E-state index contributed by atoms with van der Waals surface area (Å²) in [4.78, 5) is 7.73. The fourth-order valence-electron chi connectivity index (χ4n) is 1.48. The molecule has 0 fully saturated rings. The van der Waals surface area contributed by atoms with Gasteiger partial charge in [0.1, 0.15) is 10.9 Å². The van der Waals surface area contributed by atoms with Gasteiger partial charge in [-0.05, 0) is 18.2 Å². The molecule has 7 heteroatoms. The Morgan fingerprint density at radius 3 is 2.53 bits per heavy atom. The molecular formula is C12H8ClF3N2O. The van der Waals surface area contributed by atoms with Crippen LogP contribution in [0.5, 0.6) is 5.75 Å². The Balaban J connectivity index is 2.53. The summed E-state index contributed by atoms with van der Waals surface area (Å²) in [7, 11) is 1.44. The number of methoxy groups -OCH3 is 1. The molecule has 0 bridgehead atoms. The third-order valence-electron chi connectivity index (χ3n) is 2.37. The van der Waals surface area contributed by atoms with Crippen molar-refractivity contribution < 1.29 is 17.9 Å². The van der Waals surface area contributed by atoms with Gasteiger partial charge < -0.3 is 4.74 Å². The Bertz CT molecular complexity index is 602. The van der Waals surface area contributed by atoms with E-state index in [1.165, 1.54) is 25.6 Å². The van der Waals surface area contributed by atoms with Crippen LogP contribution in [0.15, 0.2) is 30.6 Å². The minimum absolute atomic E-state index is 0.0891. The second-order valence-electron chi connectivity index (χ2n) is 3.67. The summed E-state index contributed by atoms with van der Waals surface area (Å²) in [5.41, 5.74) is -0.371. The van der Waals surface area contributed by atoms with Crippen LogP contribution in [0.2, 0.25) is 5.15 Å². The quantitative estimate of drug-likeness (QED) is 0.788. The summed E-state index contributed by atoms with van der Waals surface area (Å²) in [6, 6.07) is 3.23. The zero-order valence-electron chi connectivity index (χ0n) is 9.70. The van der Waals surface area contributed by atoms with E-state index in [-0.39, 0.29) is 10.8 Å². The first-order valence-electron chi connectivity index (χ1n) is 5.14. The van der Waals surface area contributed by atoms with Gasteiger partial charge in [-0.15, -0.1) is 0 Å². The van der Waals surface area contributed by atoms with Crippen molar-refractivity contribution in [3.05, 3.63) is 41.3 Å². The summed E-state index contributed by atoms with van der Waals surface area (Å²) in [6.07, 6.45) is -1.65. The van der Waals surface area contributed by atoms with E-state index >= 15 is 0 Å². The van der Waals surface area contributed by atoms with Gasteiger partial charge in [0.05, 0.1) is 24.6 Å². The molecule has 3 nitrogen and oxygen atoms in total. The largest absolute Gasteiger partial charge is 0.495 e. The fourth-order valence-corrected chi connectivity index (χ4v) is 1.69. The maximum atomic E-state index is 12.7. The van der Waals surface area contributed by atoms with Crippen LogP contribution in [0.3, 0.4) is 0 Å². The molecule has 0 aliphatic heterocycles. The van der Waals surface area contributed by atoms with Crippen LogP contribution >= 0.6 is 11.6 Å². The standard InChI is InChI=1S/C12H8ClF3N2O/c1-19-9-2-7(5-17-6-9)10-3-8(12(14,15)16)4-11(13)18-10/h2-6H,1H3. The molecule has 2 aromatic rings. The molecule has 0 saturated heterocycles. The van der Waals surface area contributed by atoms with Crippen molar-refractivity contribution in [2.24, 2.45) is 0 Å². The van der Waals surface area contributed by atoms with E-state index in [0.717, 1.165) is 12.1 Å². The third kappa shape index (κ3) is 3.14. The van der Waals surface area contributed by atoms with Gasteiger partial charge in [-0.3, -0.25) is 4.98 Å². The molecule has 0 aliphatic rings. The number of hydrogen-bond acceptors (Lipinski definition) is 3. The highest BCUT2D eigenvalue weighted by Gasteiger charge is 2.31. The number of pyridine rings is 2. The highest BCUT2D eigenvalue weighted by molar-refractivity contribution is 6.29. The molecular weight excluding hydrogens is 281 g/mol. The Morgan fingerprint density at radius 1 is 1.16 bits per heavy atom. The fraction of sp³-hybridized carbons (Fsp3) is 0.167. The number of nitrogens with zero attached hydrogens (tertiary/aromatic N) is 2. The van der Waals surface area contributed by atoms with Crippen molar-refractivity contribution in [1.29, 1.82) is 0 Å². The van der Waals surface area contributed by atoms with Gasteiger partial charge in [0, 0.05) is 11.8 Å². The maximum absolute atomic E-state index is 12.7. The molecule has 0 aliphatic carbocycles. The lowest BCUT2D eigenvalue weighted by Crippen LogP contribution is -2.05. The van der Waals surface area contributed by atoms with Crippen LogP contribution < -0.4 is 4.74 Å². The van der Waals surface area contributed by atoms with Crippen LogP contribution in [0.1, 0.15) is 5.56 Å². The molecule has 0 N–H and O–H groups in total. The molecule has 0 atom stereocenters. The first-order valence-corrected chi connectivity index (χ1v) is 5.52. The molecule has 2 heterocycles. The SMILES string of the molecule is COc1cncc(-c2cc(C(F)(F)F)cc(Cl)n2)c1. The van der Waals surface area contributed by atoms with Crippen LogP contribution in [-0.2, 0) is 6.18 Å². The smallest absolute Gasteiger partial charge is 0.416 e. The van der Waals surface area contributed by atoms with Gasteiger partial charge in [0.25, 0.3) is 0 Å². The van der Waals surface area contributed by atoms with Crippen molar-refractivity contribution in [3.8, 4) is 17.0 Å². The van der Waals surface area contributed by atoms with E-state index < -0.39 is 11.7 Å². The minimum atomic E-state index is -4.48. The monoisotopic (exact) mass is 288 g/mol. The maximum Gasteiger partial charge on any atom is 0.416 e. The van der Waals surface area contributed by atoms with E-state index in [1.807, 2.05) is 0 Å². The predicted molar refractivity (Wildman–Crippen MR) is 64.0 cm³/mol. The molecule has 0 saturated carbocycles. The minimum Gasteiger partial charge on any atom is -0.495 e. The first kappa shape index (κ1) is 13.6. The zero-order chi connectivity index (χ0) is 14.0. The number of alkyl halides is 3. The summed E-state index contributed by atoms with van der Waals surface area (Å²) in [6.45, 7) is 0. The zero-order valence-corrected chi connectivity index (χ0v) is 10.5. The lowest BCUT2D eigenvalue weighted by molar-refractivity contribution is -0.137. The lowest BCUT2D eigenvalue weighted by Gasteiger charge is -2.09. The van der Waals surface area contributed by atoms with Gasteiger partial charge in [0.15, 0.2) is 0 Å². The van der Waals surface area contributed by atoms with Crippen LogP contribution in [-0.4, -0.2) is 17.1 Å². The Morgan fingerprint density at radius 2 is 1.89 bits per heavy atom. The summed E-state index contributed by atoms with van der Waals surface area (Å²) in [5, 5.41) is -0.229. The lowest BCUT2D eigenvalue weighted by atomic mass is 10.1.